The van der Waals surface area contributed by atoms with Crippen molar-refractivity contribution in [2.75, 3.05) is 12.4 Å². The molecule has 0 aliphatic heterocycles. The minimum atomic E-state index is -0.717. The summed E-state index contributed by atoms with van der Waals surface area (Å²) < 4.78 is 11.7. The summed E-state index contributed by atoms with van der Waals surface area (Å²) in [5.74, 6) is -0.929. The third kappa shape index (κ3) is 3.08. The predicted octanol–water partition coefficient (Wildman–Crippen LogP) is 2.61. The van der Waals surface area contributed by atoms with E-state index in [0.29, 0.717) is 21.4 Å². The first kappa shape index (κ1) is 16.7. The molecule has 27 heavy (non-hydrogen) atoms. The number of nitrogens with zero attached hydrogens (tertiary/aromatic N) is 5. The molecule has 1 N–H and O–H groups in total. The van der Waals surface area contributed by atoms with E-state index in [1.807, 2.05) is 0 Å². The van der Waals surface area contributed by atoms with E-state index in [2.05, 4.69) is 20.6 Å². The molecule has 136 valence electrons. The second kappa shape index (κ2) is 6.49. The largest absolute Gasteiger partial charge is 0.495 e. The molecule has 3 heterocycles. The number of rotatable bonds is 5. The van der Waals surface area contributed by atoms with Crippen LogP contribution in [0.25, 0.3) is 15.5 Å². The van der Waals surface area contributed by atoms with Crippen molar-refractivity contribution >= 4 is 33.8 Å². The van der Waals surface area contributed by atoms with Crippen molar-refractivity contribution in [1.29, 1.82) is 0 Å². The van der Waals surface area contributed by atoms with Gasteiger partial charge in [0.05, 0.1) is 18.9 Å². The number of methoxy groups -OCH3 is 1. The molecular formula is C15H10N6O5S. The van der Waals surface area contributed by atoms with Crippen molar-refractivity contribution in [1.82, 2.24) is 19.8 Å². The van der Waals surface area contributed by atoms with Gasteiger partial charge in [-0.25, -0.2) is 0 Å². The number of aromatic nitrogens is 4. The Balaban J connectivity index is 1.65. The van der Waals surface area contributed by atoms with Crippen molar-refractivity contribution in [2.24, 2.45) is 0 Å². The van der Waals surface area contributed by atoms with Gasteiger partial charge in [-0.05, 0) is 24.3 Å². The molecule has 1 amide bonds. The van der Waals surface area contributed by atoms with E-state index in [9.17, 15) is 14.9 Å². The monoisotopic (exact) mass is 386 g/mol. The number of hydrogen-bond acceptors (Lipinski definition) is 9. The van der Waals surface area contributed by atoms with E-state index >= 15 is 0 Å². The third-order valence-electron chi connectivity index (χ3n) is 3.58. The Kier molecular flexibility index (Phi) is 4.01. The maximum Gasteiger partial charge on any atom is 0.433 e. The predicted molar refractivity (Wildman–Crippen MR) is 94.0 cm³/mol. The summed E-state index contributed by atoms with van der Waals surface area (Å²) in [6, 6.07) is 7.49. The Morgan fingerprint density at radius 3 is 2.93 bits per heavy atom. The Bertz CT molecular complexity index is 1130. The lowest BCUT2D eigenvalue weighted by Gasteiger charge is -2.10. The number of carbonyl (C=O) groups is 1. The average Bonchev–Trinajstić information content (AvgIpc) is 3.37. The number of furan rings is 1. The van der Waals surface area contributed by atoms with Crippen LogP contribution in [0.2, 0.25) is 0 Å². The first-order valence-corrected chi connectivity index (χ1v) is 8.27. The second-order valence-corrected chi connectivity index (χ2v) is 6.19. The molecule has 4 rings (SSSR count). The highest BCUT2D eigenvalue weighted by Gasteiger charge is 2.19. The fourth-order valence-electron chi connectivity index (χ4n) is 2.35. The number of anilines is 1. The zero-order valence-corrected chi connectivity index (χ0v) is 14.5. The molecule has 12 heteroatoms. The van der Waals surface area contributed by atoms with E-state index in [-0.39, 0.29) is 5.76 Å². The Hall–Kier alpha value is -3.80. The SMILES string of the molecule is COc1ccc(-c2nn3cnnc3s2)cc1NC(=O)c1ccc([N+](=O)[O-])o1. The van der Waals surface area contributed by atoms with Gasteiger partial charge in [-0.2, -0.15) is 9.61 Å². The summed E-state index contributed by atoms with van der Waals surface area (Å²) in [5, 5.41) is 26.0. The maximum atomic E-state index is 12.3. The molecule has 0 fully saturated rings. The summed E-state index contributed by atoms with van der Waals surface area (Å²) in [7, 11) is 1.46. The first-order chi connectivity index (χ1) is 13.0. The van der Waals surface area contributed by atoms with Gasteiger partial charge in [-0.1, -0.05) is 11.3 Å². The summed E-state index contributed by atoms with van der Waals surface area (Å²) in [5.41, 5.74) is 1.09. The molecular weight excluding hydrogens is 376 g/mol. The Labute approximate surface area is 154 Å². The highest BCUT2D eigenvalue weighted by molar-refractivity contribution is 7.19. The minimum absolute atomic E-state index is 0.187. The Morgan fingerprint density at radius 1 is 1.37 bits per heavy atom. The van der Waals surface area contributed by atoms with E-state index in [1.165, 1.54) is 30.8 Å². The van der Waals surface area contributed by atoms with E-state index in [4.69, 9.17) is 9.15 Å². The van der Waals surface area contributed by atoms with Crippen LogP contribution < -0.4 is 10.1 Å². The molecule has 11 nitrogen and oxygen atoms in total. The standard InChI is InChI=1S/C15H10N6O5S/c1-25-10-3-2-8(14-19-20-7-16-18-15(20)27-14)6-9(10)17-13(22)11-4-5-12(26-11)21(23)24/h2-7H,1H3,(H,17,22). The molecule has 0 unspecified atom stereocenters. The molecule has 0 spiro atoms. The zero-order chi connectivity index (χ0) is 19.0. The first-order valence-electron chi connectivity index (χ1n) is 7.46. The van der Waals surface area contributed by atoms with Crippen LogP contribution in [0.5, 0.6) is 5.75 Å². The lowest BCUT2D eigenvalue weighted by Crippen LogP contribution is -2.11. The van der Waals surface area contributed by atoms with Gasteiger partial charge in [0, 0.05) is 5.56 Å². The molecule has 0 radical (unpaired) electrons. The molecule has 0 bridgehead atoms. The number of benzene rings is 1. The van der Waals surface area contributed by atoms with Gasteiger partial charge in [0.1, 0.15) is 22.0 Å². The number of carbonyl (C=O) groups excluding carboxylic acids is 1. The summed E-state index contributed by atoms with van der Waals surface area (Å²) >= 11 is 1.33. The topological polar surface area (TPSA) is 138 Å². The molecule has 0 atom stereocenters. The number of nitro groups is 1. The minimum Gasteiger partial charge on any atom is -0.495 e. The molecule has 0 aliphatic carbocycles. The lowest BCUT2D eigenvalue weighted by atomic mass is 10.2. The average molecular weight is 386 g/mol. The zero-order valence-electron chi connectivity index (χ0n) is 13.6. The molecule has 0 saturated carbocycles. The van der Waals surface area contributed by atoms with Gasteiger partial charge in [0.15, 0.2) is 5.76 Å². The van der Waals surface area contributed by atoms with Crippen LogP contribution in [-0.2, 0) is 0 Å². The molecule has 4 aromatic rings. The van der Waals surface area contributed by atoms with Gasteiger partial charge >= 0.3 is 5.88 Å². The maximum absolute atomic E-state index is 12.3. The summed E-state index contributed by atoms with van der Waals surface area (Å²) in [6.45, 7) is 0. The molecule has 3 aromatic heterocycles. The van der Waals surface area contributed by atoms with Crippen molar-refractivity contribution < 1.29 is 18.9 Å². The molecule has 1 aromatic carbocycles. The fraction of sp³-hybridized carbons (Fsp3) is 0.0667. The van der Waals surface area contributed by atoms with E-state index in [0.717, 1.165) is 11.6 Å². The van der Waals surface area contributed by atoms with Gasteiger partial charge in [-0.15, -0.1) is 10.2 Å². The number of hydrogen-bond donors (Lipinski definition) is 1. The van der Waals surface area contributed by atoms with Crippen LogP contribution in [0, 0.1) is 10.1 Å². The third-order valence-corrected chi connectivity index (χ3v) is 4.54. The van der Waals surface area contributed by atoms with Crippen molar-refractivity contribution in [2.45, 2.75) is 0 Å². The van der Waals surface area contributed by atoms with Crippen LogP contribution in [0.15, 0.2) is 41.1 Å². The highest BCUT2D eigenvalue weighted by Crippen LogP contribution is 2.33. The van der Waals surface area contributed by atoms with Gasteiger partial charge in [0.25, 0.3) is 5.91 Å². The van der Waals surface area contributed by atoms with Gasteiger partial charge < -0.3 is 14.5 Å². The number of nitrogens with one attached hydrogen (secondary N) is 1. The van der Waals surface area contributed by atoms with Crippen LogP contribution in [0.3, 0.4) is 0 Å². The Morgan fingerprint density at radius 2 is 2.22 bits per heavy atom. The molecule has 0 aliphatic rings. The quantitative estimate of drug-likeness (QED) is 0.408. The van der Waals surface area contributed by atoms with Gasteiger partial charge in [-0.3, -0.25) is 14.9 Å². The summed E-state index contributed by atoms with van der Waals surface area (Å²) in [4.78, 5) is 23.0. The number of ether oxygens (including phenoxy) is 1. The van der Waals surface area contributed by atoms with Crippen molar-refractivity contribution in [3.8, 4) is 16.3 Å². The smallest absolute Gasteiger partial charge is 0.433 e. The van der Waals surface area contributed by atoms with Crippen LogP contribution in [0.1, 0.15) is 10.6 Å². The second-order valence-electron chi connectivity index (χ2n) is 5.23. The van der Waals surface area contributed by atoms with Crippen molar-refractivity contribution in [3.63, 3.8) is 0 Å². The van der Waals surface area contributed by atoms with E-state index in [1.54, 1.807) is 22.7 Å². The lowest BCUT2D eigenvalue weighted by molar-refractivity contribution is -0.402. The van der Waals surface area contributed by atoms with Crippen LogP contribution >= 0.6 is 11.3 Å². The number of amides is 1. The van der Waals surface area contributed by atoms with Gasteiger partial charge in [0.2, 0.25) is 4.96 Å². The molecule has 0 saturated heterocycles. The van der Waals surface area contributed by atoms with Crippen LogP contribution in [-0.4, -0.2) is 37.8 Å². The van der Waals surface area contributed by atoms with Crippen molar-refractivity contribution in [3.05, 3.63) is 52.5 Å². The number of fused-ring (bicyclic) bond motifs is 1. The fourth-order valence-corrected chi connectivity index (χ4v) is 3.16. The summed E-state index contributed by atoms with van der Waals surface area (Å²) in [6.07, 6.45) is 1.49. The normalized spacial score (nSPS) is 10.9. The highest BCUT2D eigenvalue weighted by atomic mass is 32.1. The van der Waals surface area contributed by atoms with Crippen LogP contribution in [0.4, 0.5) is 11.6 Å². The van der Waals surface area contributed by atoms with E-state index < -0.39 is 16.7 Å².